The van der Waals surface area contributed by atoms with E-state index < -0.39 is 0 Å². The molecule has 0 atom stereocenters. The van der Waals surface area contributed by atoms with Crippen molar-refractivity contribution in [3.8, 4) is 0 Å². The fraction of sp³-hybridized carbons (Fsp3) is 0. The van der Waals surface area contributed by atoms with Gasteiger partial charge in [-0.2, -0.15) is 0 Å². The first-order valence-electron chi connectivity index (χ1n) is 0. The van der Waals surface area contributed by atoms with Crippen molar-refractivity contribution in [2.24, 2.45) is 0 Å². The summed E-state index contributed by atoms with van der Waals surface area (Å²) < 4.78 is 0. The molecule has 0 aromatic rings. The molecule has 0 aromatic carbocycles. The van der Waals surface area contributed by atoms with Crippen molar-refractivity contribution in [3.05, 3.63) is 0 Å². The van der Waals surface area contributed by atoms with Crippen LogP contribution in [-0.4, -0.2) is 51.2 Å². The third-order valence-corrected chi connectivity index (χ3v) is 0. The van der Waals surface area contributed by atoms with Gasteiger partial charge in [-0.15, -0.1) is 0 Å². The largest absolute Gasteiger partial charge is 1.00 e. The second-order valence-corrected chi connectivity index (χ2v) is 0. The Morgan fingerprint density at radius 2 is 0.667 bits per heavy atom. The van der Waals surface area contributed by atoms with Crippen LogP contribution in [0.15, 0.2) is 0 Å². The Kier molecular flexibility index (Phi) is 1100. The second kappa shape index (κ2) is 64.9. The van der Waals surface area contributed by atoms with E-state index >= 15 is 0 Å². The summed E-state index contributed by atoms with van der Waals surface area (Å²) in [6, 6.07) is 0. The maximum atomic E-state index is 0. The van der Waals surface area contributed by atoms with Crippen LogP contribution >= 0.6 is 0 Å². The van der Waals surface area contributed by atoms with Gasteiger partial charge in [0.05, 0.1) is 0 Å². The minimum absolute atomic E-state index is 0. The Labute approximate surface area is 81.5 Å². The molecule has 0 aliphatic carbocycles. The van der Waals surface area contributed by atoms with Crippen molar-refractivity contribution in [1.82, 2.24) is 0 Å². The van der Waals surface area contributed by atoms with Gasteiger partial charge in [0.15, 0.2) is 34.7 Å². The predicted octanol–water partition coefficient (Wildman–Crippen LogP) is -7.73. The molecule has 0 aliphatic heterocycles. The Morgan fingerprint density at radius 1 is 0.667 bits per heavy atom. The van der Waals surface area contributed by atoms with Crippen LogP contribution in [0.4, 0.5) is 0 Å². The first-order chi connectivity index (χ1) is 0. The molecule has 0 aliphatic rings. The molecule has 3 nitrogen and oxygen atoms in total. The Balaban J connectivity index is 0. The molecule has 0 bridgehead atoms. The third kappa shape index (κ3) is 38.4. The maximum absolute atomic E-state index is 0. The second-order valence-electron chi connectivity index (χ2n) is 0. The van der Waals surface area contributed by atoms with E-state index in [1.807, 2.05) is 0 Å². The third-order valence-electron chi connectivity index (χ3n) is 0. The summed E-state index contributed by atoms with van der Waals surface area (Å²) in [6.45, 7) is 0. The smallest absolute Gasteiger partial charge is 1.00 e. The minimum Gasteiger partial charge on any atom is -1.00 e. The van der Waals surface area contributed by atoms with Crippen LogP contribution in [-0.2, 0) is 0 Å². The average molecular weight is 138 g/mol. The zero-order chi connectivity index (χ0) is 0. The van der Waals surface area contributed by atoms with Crippen LogP contribution in [0.25, 0.3) is 0 Å². The molecule has 0 saturated carbocycles. The van der Waals surface area contributed by atoms with Gasteiger partial charge in [-0.05, 0) is 0 Å². The monoisotopic (exact) mass is 138 g/mol. The summed E-state index contributed by atoms with van der Waals surface area (Å²) in [5.74, 6) is 0. The van der Waals surface area contributed by atoms with E-state index in [4.69, 9.17) is 0 Å². The van der Waals surface area contributed by atoms with E-state index in [0.717, 1.165) is 0 Å². The molecule has 0 amide bonds. The standard InChI is InChI=1S/2Al.Na.3H2O.7H/h;;;3*1H2;;;;;;;/q;;+1;;;;;;;;;;-1. The number of rotatable bonds is 0. The van der Waals surface area contributed by atoms with Gasteiger partial charge < -0.3 is 17.9 Å². The van der Waals surface area contributed by atoms with Gasteiger partial charge >= 0.3 is 29.6 Å². The van der Waals surface area contributed by atoms with Gasteiger partial charge in [0.1, 0.15) is 0 Å². The molecule has 38 valence electrons. The fourth-order valence-corrected chi connectivity index (χ4v) is 0. The Hall–Kier alpha value is 1.94. The summed E-state index contributed by atoms with van der Waals surface area (Å²) >= 11 is 0. The molecule has 0 spiro atoms. The van der Waals surface area contributed by atoms with Gasteiger partial charge in [0.25, 0.3) is 0 Å². The van der Waals surface area contributed by atoms with E-state index in [1.165, 1.54) is 0 Å². The normalized spacial score (nSPS) is 0. The van der Waals surface area contributed by atoms with Gasteiger partial charge in [0, 0.05) is 0 Å². The van der Waals surface area contributed by atoms with Crippen molar-refractivity contribution in [2.75, 3.05) is 0 Å². The van der Waals surface area contributed by atoms with Crippen LogP contribution in [0.1, 0.15) is 1.43 Å². The molecular weight excluding hydrogens is 125 g/mol. The average Bonchev–Trinajstić information content (AvgIpc) is 0. The number of hydrogen-bond acceptors (Lipinski definition) is 0. The van der Waals surface area contributed by atoms with Crippen molar-refractivity contribution in [2.45, 2.75) is 0 Å². The zero-order valence-electron chi connectivity index (χ0n) is 3.50. The SMILES string of the molecule is O.O.O.[AlH3].[AlH3].[H-].[Na+]. The van der Waals surface area contributed by atoms with E-state index in [9.17, 15) is 0 Å². The van der Waals surface area contributed by atoms with Gasteiger partial charge in [0.2, 0.25) is 0 Å². The summed E-state index contributed by atoms with van der Waals surface area (Å²) in [4.78, 5) is 0. The number of hydrogen-bond donors (Lipinski definition) is 0. The van der Waals surface area contributed by atoms with Crippen molar-refractivity contribution >= 4 is 34.7 Å². The molecule has 0 rings (SSSR count). The molecule has 6 heteroatoms. The van der Waals surface area contributed by atoms with Gasteiger partial charge in [-0.1, -0.05) is 0 Å². The molecule has 0 saturated heterocycles. The topological polar surface area (TPSA) is 94.5 Å². The Morgan fingerprint density at radius 3 is 0.667 bits per heavy atom. The molecule has 0 fully saturated rings. The minimum atomic E-state index is 0. The van der Waals surface area contributed by atoms with E-state index in [-0.39, 0.29) is 82.1 Å². The van der Waals surface area contributed by atoms with Gasteiger partial charge in [-0.25, -0.2) is 0 Å². The summed E-state index contributed by atoms with van der Waals surface area (Å²) in [6.07, 6.45) is 0. The van der Waals surface area contributed by atoms with Gasteiger partial charge in [-0.3, -0.25) is 0 Å². The maximum Gasteiger partial charge on any atom is 1.00 e. The predicted molar refractivity (Wildman–Crippen MR) is 31.8 cm³/mol. The Bertz CT molecular complexity index is 12.9. The molecule has 0 unspecified atom stereocenters. The summed E-state index contributed by atoms with van der Waals surface area (Å²) in [5.41, 5.74) is 0. The summed E-state index contributed by atoms with van der Waals surface area (Å²) in [5, 5.41) is 0. The molecule has 0 aromatic heterocycles. The first-order valence-corrected chi connectivity index (χ1v) is 0. The van der Waals surface area contributed by atoms with E-state index in [0.29, 0.717) is 0 Å². The van der Waals surface area contributed by atoms with Crippen molar-refractivity contribution < 1.29 is 47.4 Å². The van der Waals surface area contributed by atoms with Crippen LogP contribution in [0.3, 0.4) is 0 Å². The molecule has 6 N–H and O–H groups in total. The molecule has 0 radical (unpaired) electrons. The van der Waals surface area contributed by atoms with Crippen LogP contribution in [0.5, 0.6) is 0 Å². The molecular formula is H13Al2NaO3. The molecule has 0 heterocycles. The summed E-state index contributed by atoms with van der Waals surface area (Å²) in [7, 11) is 0. The molecule has 6 heavy (non-hydrogen) atoms. The first kappa shape index (κ1) is 101. The van der Waals surface area contributed by atoms with Crippen LogP contribution in [0, 0.1) is 0 Å². The van der Waals surface area contributed by atoms with Crippen molar-refractivity contribution in [1.29, 1.82) is 0 Å². The quantitative estimate of drug-likeness (QED) is 0.297. The van der Waals surface area contributed by atoms with E-state index in [1.54, 1.807) is 0 Å². The fourth-order valence-electron chi connectivity index (χ4n) is 0. The van der Waals surface area contributed by atoms with E-state index in [2.05, 4.69) is 0 Å². The van der Waals surface area contributed by atoms with Crippen LogP contribution < -0.4 is 29.6 Å². The van der Waals surface area contributed by atoms with Crippen LogP contribution in [0.2, 0.25) is 0 Å². The van der Waals surface area contributed by atoms with Crippen molar-refractivity contribution in [3.63, 3.8) is 0 Å². The zero-order valence-corrected chi connectivity index (χ0v) is 4.50.